The fourth-order valence-corrected chi connectivity index (χ4v) is 1.30. The Morgan fingerprint density at radius 3 is 1.44 bits per heavy atom. The number of hydrogen-bond acceptors (Lipinski definition) is 2. The number of hydrogen-bond donors (Lipinski definition) is 2. The summed E-state index contributed by atoms with van der Waals surface area (Å²) in [5, 5.41) is 11.7. The maximum Gasteiger partial charge on any atom is 0.0431 e. The third-order valence-corrected chi connectivity index (χ3v) is 2.08. The van der Waals surface area contributed by atoms with Crippen LogP contribution in [0.4, 0.5) is 0 Å². The molecule has 16 heavy (non-hydrogen) atoms. The van der Waals surface area contributed by atoms with Crippen LogP contribution in [0.2, 0.25) is 0 Å². The molecule has 0 aliphatic rings. The number of nitrogens with one attached hydrogen (secondary N) is 1. The van der Waals surface area contributed by atoms with Crippen molar-refractivity contribution < 1.29 is 5.11 Å². The highest BCUT2D eigenvalue weighted by molar-refractivity contribution is 4.46. The van der Waals surface area contributed by atoms with Gasteiger partial charge in [-0.2, -0.15) is 0 Å². The van der Waals surface area contributed by atoms with Gasteiger partial charge < -0.3 is 10.4 Å². The van der Waals surface area contributed by atoms with Gasteiger partial charge in [0.2, 0.25) is 0 Å². The van der Waals surface area contributed by atoms with Crippen LogP contribution in [0.1, 0.15) is 72.6 Å². The zero-order valence-corrected chi connectivity index (χ0v) is 12.3. The minimum atomic E-state index is 0.361. The molecule has 0 bridgehead atoms. The van der Waals surface area contributed by atoms with E-state index in [-0.39, 0.29) is 0 Å². The van der Waals surface area contributed by atoms with Gasteiger partial charge in [0.1, 0.15) is 0 Å². The van der Waals surface area contributed by atoms with Crippen LogP contribution in [0.15, 0.2) is 0 Å². The van der Waals surface area contributed by atoms with Crippen LogP contribution < -0.4 is 5.32 Å². The van der Waals surface area contributed by atoms with Crippen molar-refractivity contribution in [3.63, 3.8) is 0 Å². The molecule has 0 unspecified atom stereocenters. The Morgan fingerprint density at radius 1 is 0.688 bits per heavy atom. The highest BCUT2D eigenvalue weighted by Crippen LogP contribution is 2.06. The van der Waals surface area contributed by atoms with Crippen molar-refractivity contribution in [2.24, 2.45) is 0 Å². The number of aliphatic hydroxyl groups is 1. The predicted molar refractivity (Wildman–Crippen MR) is 76.0 cm³/mol. The molecule has 2 heteroatoms. The molecule has 0 fully saturated rings. The normalized spacial score (nSPS) is 8.62. The second kappa shape index (κ2) is 29.4. The molecule has 0 spiro atoms. The Bertz CT molecular complexity index is 67.1. The molecule has 0 heterocycles. The first-order valence-corrected chi connectivity index (χ1v) is 7.17. The Kier molecular flexibility index (Phi) is 39.0. The standard InChI is InChI=1S/C10H23NO.2C2H6/c1-11-9-7-5-3-2-4-6-8-10-12;2*1-2/h11-12H,2-10H2,1H3;2*1-2H3. The minimum absolute atomic E-state index is 0.361. The van der Waals surface area contributed by atoms with E-state index in [4.69, 9.17) is 5.11 Å². The summed E-state index contributed by atoms with van der Waals surface area (Å²) in [6.07, 6.45) is 8.81. The average Bonchev–Trinajstić information content (AvgIpc) is 2.38. The fraction of sp³-hybridized carbons (Fsp3) is 1.00. The Labute approximate surface area is 104 Å². The smallest absolute Gasteiger partial charge is 0.0431 e. The maximum atomic E-state index is 8.53. The van der Waals surface area contributed by atoms with E-state index in [9.17, 15) is 0 Å². The van der Waals surface area contributed by atoms with Crippen molar-refractivity contribution in [2.75, 3.05) is 20.2 Å². The summed E-state index contributed by atoms with van der Waals surface area (Å²) in [5.41, 5.74) is 0. The van der Waals surface area contributed by atoms with E-state index < -0.39 is 0 Å². The lowest BCUT2D eigenvalue weighted by Crippen LogP contribution is -2.06. The molecule has 2 N–H and O–H groups in total. The van der Waals surface area contributed by atoms with Crippen LogP contribution in [-0.4, -0.2) is 25.3 Å². The van der Waals surface area contributed by atoms with Crippen molar-refractivity contribution in [2.45, 2.75) is 72.6 Å². The van der Waals surface area contributed by atoms with Gasteiger partial charge in [0, 0.05) is 6.61 Å². The number of unbranched alkanes of at least 4 members (excludes halogenated alkanes) is 6. The van der Waals surface area contributed by atoms with E-state index in [0.717, 1.165) is 13.0 Å². The third kappa shape index (κ3) is 29.2. The molecule has 0 radical (unpaired) electrons. The molecular weight excluding hydrogens is 198 g/mol. The number of aliphatic hydroxyl groups excluding tert-OH is 1. The fourth-order valence-electron chi connectivity index (χ4n) is 1.30. The lowest BCUT2D eigenvalue weighted by Gasteiger charge is -2.00. The second-order valence-corrected chi connectivity index (χ2v) is 3.30. The maximum absolute atomic E-state index is 8.53. The average molecular weight is 233 g/mol. The van der Waals surface area contributed by atoms with Gasteiger partial charge in [-0.25, -0.2) is 0 Å². The molecule has 0 aromatic rings. The van der Waals surface area contributed by atoms with Gasteiger partial charge in [0.25, 0.3) is 0 Å². The van der Waals surface area contributed by atoms with Crippen LogP contribution in [-0.2, 0) is 0 Å². The van der Waals surface area contributed by atoms with Crippen molar-refractivity contribution in [1.82, 2.24) is 5.32 Å². The van der Waals surface area contributed by atoms with Crippen LogP contribution in [0.25, 0.3) is 0 Å². The second-order valence-electron chi connectivity index (χ2n) is 3.30. The van der Waals surface area contributed by atoms with E-state index in [1.807, 2.05) is 34.7 Å². The Morgan fingerprint density at radius 2 is 1.06 bits per heavy atom. The summed E-state index contributed by atoms with van der Waals surface area (Å²) in [6, 6.07) is 0. The molecule has 0 aliphatic carbocycles. The monoisotopic (exact) mass is 233 g/mol. The molecule has 0 saturated heterocycles. The molecule has 2 nitrogen and oxygen atoms in total. The van der Waals surface area contributed by atoms with Gasteiger partial charge in [-0.05, 0) is 26.4 Å². The van der Waals surface area contributed by atoms with Crippen LogP contribution >= 0.6 is 0 Å². The molecular formula is C14H35NO. The summed E-state index contributed by atoms with van der Waals surface area (Å²) in [5.74, 6) is 0. The van der Waals surface area contributed by atoms with Crippen molar-refractivity contribution in [1.29, 1.82) is 0 Å². The first kappa shape index (κ1) is 21.2. The highest BCUT2D eigenvalue weighted by Gasteiger charge is 1.90. The molecule has 0 aromatic carbocycles. The van der Waals surface area contributed by atoms with Gasteiger partial charge in [0.05, 0.1) is 0 Å². The lowest BCUT2D eigenvalue weighted by atomic mass is 10.1. The molecule has 0 rings (SSSR count). The molecule has 0 amide bonds. The zero-order valence-electron chi connectivity index (χ0n) is 12.3. The van der Waals surface area contributed by atoms with Crippen LogP contribution in [0, 0.1) is 0 Å². The summed E-state index contributed by atoms with van der Waals surface area (Å²) in [6.45, 7) is 9.51. The summed E-state index contributed by atoms with van der Waals surface area (Å²) >= 11 is 0. The summed E-state index contributed by atoms with van der Waals surface area (Å²) in [4.78, 5) is 0. The van der Waals surface area contributed by atoms with E-state index >= 15 is 0 Å². The van der Waals surface area contributed by atoms with E-state index in [2.05, 4.69) is 5.32 Å². The van der Waals surface area contributed by atoms with Gasteiger partial charge in [-0.15, -0.1) is 0 Å². The van der Waals surface area contributed by atoms with Gasteiger partial charge in [0.15, 0.2) is 0 Å². The van der Waals surface area contributed by atoms with Gasteiger partial charge in [-0.1, -0.05) is 59.8 Å². The first-order chi connectivity index (χ1) is 7.91. The quantitative estimate of drug-likeness (QED) is 0.590. The van der Waals surface area contributed by atoms with Crippen LogP contribution in [0.5, 0.6) is 0 Å². The summed E-state index contributed by atoms with van der Waals surface area (Å²) < 4.78 is 0. The van der Waals surface area contributed by atoms with Gasteiger partial charge in [-0.3, -0.25) is 0 Å². The largest absolute Gasteiger partial charge is 0.396 e. The van der Waals surface area contributed by atoms with Crippen molar-refractivity contribution in [3.8, 4) is 0 Å². The third-order valence-electron chi connectivity index (χ3n) is 2.08. The molecule has 102 valence electrons. The topological polar surface area (TPSA) is 32.3 Å². The van der Waals surface area contributed by atoms with E-state index in [0.29, 0.717) is 6.61 Å². The molecule has 0 atom stereocenters. The van der Waals surface area contributed by atoms with E-state index in [1.54, 1.807) is 0 Å². The van der Waals surface area contributed by atoms with Gasteiger partial charge >= 0.3 is 0 Å². The molecule has 0 saturated carbocycles. The highest BCUT2D eigenvalue weighted by atomic mass is 16.2. The first-order valence-electron chi connectivity index (χ1n) is 7.17. The zero-order chi connectivity index (χ0) is 13.1. The minimum Gasteiger partial charge on any atom is -0.396 e. The summed E-state index contributed by atoms with van der Waals surface area (Å²) in [7, 11) is 2.00. The van der Waals surface area contributed by atoms with Crippen molar-refractivity contribution in [3.05, 3.63) is 0 Å². The molecule has 0 aliphatic heterocycles. The lowest BCUT2D eigenvalue weighted by molar-refractivity contribution is 0.282. The van der Waals surface area contributed by atoms with Crippen LogP contribution in [0.3, 0.4) is 0 Å². The number of rotatable bonds is 9. The van der Waals surface area contributed by atoms with E-state index in [1.165, 1.54) is 38.5 Å². The predicted octanol–water partition coefficient (Wildman–Crippen LogP) is 3.98. The SMILES string of the molecule is CC.CC.CNCCCCCCCCCO. The Hall–Kier alpha value is -0.0800. The molecule has 0 aromatic heterocycles. The van der Waals surface area contributed by atoms with Crippen molar-refractivity contribution >= 4 is 0 Å². The Balaban J connectivity index is -0.000000376.